The van der Waals surface area contributed by atoms with Gasteiger partial charge in [0.25, 0.3) is 11.1 Å². The molecule has 0 radical (unpaired) electrons. The molecule has 8 nitrogen and oxygen atoms in total. The fourth-order valence-electron chi connectivity index (χ4n) is 8.88. The van der Waals surface area contributed by atoms with Crippen LogP contribution in [0, 0.1) is 11.3 Å². The Morgan fingerprint density at radius 2 is 2.00 bits per heavy atom. The van der Waals surface area contributed by atoms with Gasteiger partial charge in [0.1, 0.15) is 11.4 Å². The molecule has 3 aromatic heterocycles. The summed E-state index contributed by atoms with van der Waals surface area (Å²) in [5.41, 5.74) is 10.2. The molecule has 4 unspecified atom stereocenters. The van der Waals surface area contributed by atoms with E-state index in [4.69, 9.17) is 10.5 Å². The van der Waals surface area contributed by atoms with Gasteiger partial charge in [-0.15, -0.1) is 0 Å². The number of hydrogen-bond donors (Lipinski definition) is 2. The molecule has 192 valence electrons. The Hall–Kier alpha value is -2.97. The molecule has 5 aliphatic rings. The molecule has 2 aliphatic heterocycles. The van der Waals surface area contributed by atoms with E-state index in [0.29, 0.717) is 12.5 Å². The SMILES string of the molecule is N[C@@]12CC3(NCc4cc5c(cn4)OCCC5)CCC1(CC1Cn4c(=O)ccc5ccc(=O)n1c54)CC2C3. The first-order chi connectivity index (χ1) is 17.9. The summed E-state index contributed by atoms with van der Waals surface area (Å²) >= 11 is 0. The van der Waals surface area contributed by atoms with Crippen LogP contribution in [0.3, 0.4) is 0 Å². The minimum Gasteiger partial charge on any atom is -0.492 e. The monoisotopic (exact) mass is 499 g/mol. The Bertz CT molecular complexity index is 1570. The zero-order valence-electron chi connectivity index (χ0n) is 21.0. The maximum Gasteiger partial charge on any atom is 0.252 e. The van der Waals surface area contributed by atoms with E-state index in [-0.39, 0.29) is 33.7 Å². The summed E-state index contributed by atoms with van der Waals surface area (Å²) < 4.78 is 9.40. The molecule has 3 fully saturated rings. The van der Waals surface area contributed by atoms with Crippen molar-refractivity contribution in [2.75, 3.05) is 6.61 Å². The summed E-state index contributed by atoms with van der Waals surface area (Å²) in [6, 6.07) is 9.10. The zero-order valence-corrected chi connectivity index (χ0v) is 21.0. The minimum absolute atomic E-state index is 0.0179. The number of hydrogen-bond acceptors (Lipinski definition) is 6. The third kappa shape index (κ3) is 2.94. The number of nitrogens with one attached hydrogen (secondary N) is 1. The van der Waals surface area contributed by atoms with E-state index >= 15 is 0 Å². The predicted molar refractivity (Wildman–Crippen MR) is 140 cm³/mol. The Morgan fingerprint density at radius 3 is 2.89 bits per heavy atom. The van der Waals surface area contributed by atoms with E-state index < -0.39 is 0 Å². The standard InChI is InChI=1S/C29H33N5O3/c30-29-17-28(32-14-21-10-19-2-1-9-37-23(19)15-31-21)8-7-27(29,11-20(29)12-28)13-22-16-33-24(35)5-3-18-4-6-25(36)34(22)26(18)33/h3-6,10,15,20,22,32H,1-2,7-9,11-14,16-17,30H2/t20?,22?,27?,28?,29-/m1/s1. The van der Waals surface area contributed by atoms with E-state index in [9.17, 15) is 9.59 Å². The van der Waals surface area contributed by atoms with E-state index in [2.05, 4.69) is 16.4 Å². The van der Waals surface area contributed by atoms with Crippen molar-refractivity contribution < 1.29 is 4.74 Å². The Balaban J connectivity index is 1.03. The van der Waals surface area contributed by atoms with Crippen molar-refractivity contribution in [2.24, 2.45) is 17.1 Å². The molecule has 2 bridgehead atoms. The summed E-state index contributed by atoms with van der Waals surface area (Å²) in [6.07, 6.45) is 10.2. The quantitative estimate of drug-likeness (QED) is 0.559. The van der Waals surface area contributed by atoms with Crippen LogP contribution >= 0.6 is 0 Å². The maximum absolute atomic E-state index is 13.0. The number of pyridine rings is 3. The van der Waals surface area contributed by atoms with E-state index in [0.717, 1.165) is 87.0 Å². The normalized spacial score (nSPS) is 34.7. The lowest BCUT2D eigenvalue weighted by Gasteiger charge is -2.63. The van der Waals surface area contributed by atoms with Gasteiger partial charge in [-0.25, -0.2) is 0 Å². The Morgan fingerprint density at radius 1 is 1.14 bits per heavy atom. The minimum atomic E-state index is -0.216. The maximum atomic E-state index is 13.0. The van der Waals surface area contributed by atoms with Gasteiger partial charge in [-0.3, -0.25) is 23.7 Å². The van der Waals surface area contributed by atoms with E-state index in [1.54, 1.807) is 16.7 Å². The molecule has 0 aromatic carbocycles. The van der Waals surface area contributed by atoms with Gasteiger partial charge in [-0.1, -0.05) is 0 Å². The molecule has 0 amide bonds. The van der Waals surface area contributed by atoms with Crippen LogP contribution in [0.2, 0.25) is 0 Å². The van der Waals surface area contributed by atoms with Crippen LogP contribution < -0.4 is 26.9 Å². The number of rotatable bonds is 5. The molecule has 3 aromatic rings. The molecular formula is C29H33N5O3. The summed E-state index contributed by atoms with van der Waals surface area (Å²) in [7, 11) is 0. The van der Waals surface area contributed by atoms with Crippen molar-refractivity contribution in [2.45, 2.75) is 81.6 Å². The second-order valence-corrected chi connectivity index (χ2v) is 12.4. The van der Waals surface area contributed by atoms with Gasteiger partial charge in [0.15, 0.2) is 0 Å². The molecule has 8 rings (SSSR count). The van der Waals surface area contributed by atoms with Gasteiger partial charge in [0.05, 0.1) is 24.5 Å². The molecule has 3 N–H and O–H groups in total. The first-order valence-corrected chi connectivity index (χ1v) is 13.8. The first kappa shape index (κ1) is 22.1. The lowest BCUT2D eigenvalue weighted by atomic mass is 9.45. The number of nitrogens with zero attached hydrogens (tertiary/aromatic N) is 3. The van der Waals surface area contributed by atoms with Crippen molar-refractivity contribution in [3.8, 4) is 5.75 Å². The van der Waals surface area contributed by atoms with Gasteiger partial charge in [-0.05, 0) is 86.5 Å². The number of ether oxygens (including phenoxy) is 1. The van der Waals surface area contributed by atoms with Crippen LogP contribution in [0.4, 0.5) is 0 Å². The van der Waals surface area contributed by atoms with E-state index in [1.165, 1.54) is 5.56 Å². The molecule has 5 heterocycles. The highest BCUT2D eigenvalue weighted by molar-refractivity contribution is 5.76. The molecule has 5 atom stereocenters. The van der Waals surface area contributed by atoms with Gasteiger partial charge >= 0.3 is 0 Å². The van der Waals surface area contributed by atoms with Crippen LogP contribution in [0.25, 0.3) is 11.0 Å². The number of fused-ring (bicyclic) bond motifs is 2. The highest BCUT2D eigenvalue weighted by Crippen LogP contribution is 2.72. The van der Waals surface area contributed by atoms with Crippen LogP contribution in [-0.4, -0.2) is 31.8 Å². The van der Waals surface area contributed by atoms with Crippen molar-refractivity contribution in [1.82, 2.24) is 19.4 Å². The number of aryl methyl sites for hydroxylation is 1. The zero-order chi connectivity index (χ0) is 25.0. The molecular weight excluding hydrogens is 466 g/mol. The number of nitrogens with two attached hydrogens (primary N) is 1. The highest BCUT2D eigenvalue weighted by Gasteiger charge is 2.72. The third-order valence-electron chi connectivity index (χ3n) is 10.6. The van der Waals surface area contributed by atoms with Crippen molar-refractivity contribution in [1.29, 1.82) is 0 Å². The smallest absolute Gasteiger partial charge is 0.252 e. The van der Waals surface area contributed by atoms with Crippen molar-refractivity contribution in [3.05, 3.63) is 68.5 Å². The van der Waals surface area contributed by atoms with Gasteiger partial charge in [0, 0.05) is 41.7 Å². The molecule has 0 saturated heterocycles. The summed E-state index contributed by atoms with van der Waals surface area (Å²) in [6.45, 7) is 2.10. The van der Waals surface area contributed by atoms with Crippen LogP contribution in [0.5, 0.6) is 5.75 Å². The first-order valence-electron chi connectivity index (χ1n) is 13.8. The van der Waals surface area contributed by atoms with Gasteiger partial charge in [0.2, 0.25) is 0 Å². The topological polar surface area (TPSA) is 104 Å². The van der Waals surface area contributed by atoms with Crippen LogP contribution in [0.15, 0.2) is 46.1 Å². The van der Waals surface area contributed by atoms with Gasteiger partial charge in [-0.2, -0.15) is 0 Å². The average molecular weight is 500 g/mol. The fourth-order valence-corrected chi connectivity index (χ4v) is 8.88. The summed E-state index contributed by atoms with van der Waals surface area (Å²) in [5, 5.41) is 4.85. The lowest BCUT2D eigenvalue weighted by Crippen LogP contribution is -2.70. The average Bonchev–Trinajstić information content (AvgIpc) is 3.30. The largest absolute Gasteiger partial charge is 0.492 e. The molecule has 8 heteroatoms. The van der Waals surface area contributed by atoms with Crippen LogP contribution in [0.1, 0.15) is 62.2 Å². The lowest BCUT2D eigenvalue weighted by molar-refractivity contribution is -0.0858. The Labute approximate surface area is 214 Å². The number of aromatic nitrogens is 3. The second-order valence-electron chi connectivity index (χ2n) is 12.4. The molecule has 0 spiro atoms. The van der Waals surface area contributed by atoms with Crippen LogP contribution in [-0.2, 0) is 19.5 Å². The molecule has 37 heavy (non-hydrogen) atoms. The van der Waals surface area contributed by atoms with Gasteiger partial charge < -0.3 is 15.8 Å². The molecule has 3 saturated carbocycles. The Kier molecular flexibility index (Phi) is 4.36. The van der Waals surface area contributed by atoms with E-state index in [1.807, 2.05) is 22.9 Å². The molecule has 3 aliphatic carbocycles. The predicted octanol–water partition coefficient (Wildman–Crippen LogP) is 2.65. The summed E-state index contributed by atoms with van der Waals surface area (Å²) in [4.78, 5) is 30.3. The fraction of sp³-hybridized carbons (Fsp3) is 0.552. The van der Waals surface area contributed by atoms with Crippen molar-refractivity contribution in [3.63, 3.8) is 0 Å². The third-order valence-corrected chi connectivity index (χ3v) is 10.6. The summed E-state index contributed by atoms with van der Waals surface area (Å²) in [5.74, 6) is 1.44. The highest BCUT2D eigenvalue weighted by atomic mass is 16.5. The van der Waals surface area contributed by atoms with Crippen molar-refractivity contribution >= 4 is 11.0 Å². The second kappa shape index (κ2) is 7.32.